The van der Waals surface area contributed by atoms with Crippen molar-refractivity contribution in [1.29, 1.82) is 0 Å². The highest BCUT2D eigenvalue weighted by atomic mass is 35.5. The molecule has 0 saturated carbocycles. The van der Waals surface area contributed by atoms with Crippen LogP contribution in [0.1, 0.15) is 77.3 Å². The van der Waals surface area contributed by atoms with E-state index in [-0.39, 0.29) is 41.3 Å². The second-order valence-corrected chi connectivity index (χ2v) is 16.7. The summed E-state index contributed by atoms with van der Waals surface area (Å²) in [6, 6.07) is 12.0. The molecule has 0 N–H and O–H groups in total. The van der Waals surface area contributed by atoms with E-state index in [1.165, 1.54) is 0 Å². The minimum Gasteiger partial charge on any atom is -0.461 e. The lowest BCUT2D eigenvalue weighted by Crippen LogP contribution is -2.45. The van der Waals surface area contributed by atoms with Gasteiger partial charge in [0, 0.05) is 43.0 Å². The first kappa shape index (κ1) is 35.3. The predicted octanol–water partition coefficient (Wildman–Crippen LogP) is 9.05. The molecule has 11 heteroatoms. The van der Waals surface area contributed by atoms with Crippen LogP contribution in [0.5, 0.6) is 6.01 Å². The lowest BCUT2D eigenvalue weighted by atomic mass is 9.91. The van der Waals surface area contributed by atoms with Crippen LogP contribution in [0.25, 0.3) is 32.8 Å². The van der Waals surface area contributed by atoms with E-state index in [1.54, 1.807) is 6.07 Å². The van der Waals surface area contributed by atoms with Gasteiger partial charge in [-0.15, -0.1) is 0 Å². The Morgan fingerprint density at radius 1 is 1.08 bits per heavy atom. The van der Waals surface area contributed by atoms with E-state index in [9.17, 15) is 9.18 Å². The standard InChI is InChI=1S/C41H48ClF2N5O3/c1-6-25-9-7-10-26-17-24(2)18-30(33(25)26)34-32(42)19-31-36(35(34)44)45-38(51-23-41-14-8-15-48(41)21-27(43)20-41)46-37(31)47-16-13-28-11-12-29(22-47)49(28)39(50)52-40(3,4)5/h7,9-10,17-19,27-29H,6,8,11-16,20-23H2,1-5H3/t27-,28-,29+,41+/m1/s1. The Hall–Kier alpha value is -3.76. The molecule has 276 valence electrons. The summed E-state index contributed by atoms with van der Waals surface area (Å²) in [5.41, 5.74) is 2.21. The zero-order valence-electron chi connectivity index (χ0n) is 30.8. The van der Waals surface area contributed by atoms with Gasteiger partial charge in [-0.2, -0.15) is 9.97 Å². The highest BCUT2D eigenvalue weighted by Crippen LogP contribution is 2.44. The third kappa shape index (κ3) is 6.23. The Balaban J connectivity index is 1.25. The highest BCUT2D eigenvalue weighted by molar-refractivity contribution is 6.35. The molecule has 0 spiro atoms. The first-order valence-electron chi connectivity index (χ1n) is 18.8. The molecule has 4 atom stereocenters. The topological polar surface area (TPSA) is 71.0 Å². The smallest absolute Gasteiger partial charge is 0.410 e. The van der Waals surface area contributed by atoms with Gasteiger partial charge in [0.2, 0.25) is 0 Å². The molecule has 4 fully saturated rings. The Bertz CT molecular complexity index is 2060. The van der Waals surface area contributed by atoms with Gasteiger partial charge in [-0.25, -0.2) is 13.6 Å². The molecule has 0 radical (unpaired) electrons. The molecule has 0 unspecified atom stereocenters. The number of ether oxygens (including phenoxy) is 2. The van der Waals surface area contributed by atoms with Crippen LogP contribution in [0, 0.1) is 12.7 Å². The van der Waals surface area contributed by atoms with Crippen molar-refractivity contribution < 1.29 is 23.0 Å². The molecule has 1 amide bonds. The summed E-state index contributed by atoms with van der Waals surface area (Å²) in [7, 11) is 0. The van der Waals surface area contributed by atoms with Crippen LogP contribution in [0.3, 0.4) is 0 Å². The molecule has 4 aromatic rings. The number of halogens is 3. The Morgan fingerprint density at radius 3 is 2.67 bits per heavy atom. The first-order chi connectivity index (χ1) is 24.8. The summed E-state index contributed by atoms with van der Waals surface area (Å²) in [5.74, 6) is -0.0196. The fourth-order valence-electron chi connectivity index (χ4n) is 9.39. The number of hydrogen-bond donors (Lipinski definition) is 0. The number of anilines is 1. The molecule has 52 heavy (non-hydrogen) atoms. The number of amides is 1. The Labute approximate surface area is 309 Å². The molecule has 0 aliphatic carbocycles. The number of hydrogen-bond acceptors (Lipinski definition) is 7. The molecule has 8 rings (SSSR count). The van der Waals surface area contributed by atoms with Gasteiger partial charge >= 0.3 is 12.1 Å². The van der Waals surface area contributed by atoms with Crippen molar-refractivity contribution in [3.05, 3.63) is 58.4 Å². The van der Waals surface area contributed by atoms with Crippen LogP contribution in [0.15, 0.2) is 36.4 Å². The van der Waals surface area contributed by atoms with Crippen molar-refractivity contribution >= 4 is 45.2 Å². The summed E-state index contributed by atoms with van der Waals surface area (Å²) >= 11 is 7.13. The van der Waals surface area contributed by atoms with Crippen molar-refractivity contribution in [2.45, 2.75) is 109 Å². The SMILES string of the molecule is CCc1cccc2cc(C)cc(-c3c(Cl)cc4c(N5CC[C@H]6CC[C@@H](C5)N6C(=O)OC(C)(C)C)nc(OC[C@@]56CCCN5C[C@H](F)C6)nc4c3F)c12. The number of nitrogens with zero attached hydrogens (tertiary/aromatic N) is 5. The van der Waals surface area contributed by atoms with E-state index in [1.807, 2.05) is 44.7 Å². The number of aryl methyl sites for hydroxylation is 2. The Morgan fingerprint density at radius 2 is 1.88 bits per heavy atom. The van der Waals surface area contributed by atoms with Crippen molar-refractivity contribution in [3.63, 3.8) is 0 Å². The molecule has 4 aliphatic heterocycles. The fraction of sp³-hybridized carbons (Fsp3) is 0.537. The fourth-order valence-corrected chi connectivity index (χ4v) is 9.68. The monoisotopic (exact) mass is 731 g/mol. The quantitative estimate of drug-likeness (QED) is 0.196. The van der Waals surface area contributed by atoms with E-state index in [0.717, 1.165) is 66.1 Å². The number of carbonyl (C=O) groups is 1. The van der Waals surface area contributed by atoms with Gasteiger partial charge in [0.1, 0.15) is 29.7 Å². The molecule has 1 aromatic heterocycles. The predicted molar refractivity (Wildman–Crippen MR) is 202 cm³/mol. The van der Waals surface area contributed by atoms with Crippen molar-refractivity contribution in [2.75, 3.05) is 37.7 Å². The van der Waals surface area contributed by atoms with Crippen molar-refractivity contribution in [1.82, 2.24) is 19.8 Å². The summed E-state index contributed by atoms with van der Waals surface area (Å²) in [4.78, 5) is 29.4. The number of carbonyl (C=O) groups excluding carboxylic acids is 1. The summed E-state index contributed by atoms with van der Waals surface area (Å²) in [6.07, 6.45) is 4.21. The van der Waals surface area contributed by atoms with Gasteiger partial charge in [0.05, 0.1) is 16.6 Å². The summed E-state index contributed by atoms with van der Waals surface area (Å²) in [5, 5.41) is 2.75. The third-order valence-corrected chi connectivity index (χ3v) is 11.9. The molecular formula is C41H48ClF2N5O3. The van der Waals surface area contributed by atoms with Crippen LogP contribution in [-0.2, 0) is 11.2 Å². The number of aromatic nitrogens is 2. The average Bonchev–Trinajstić information content (AvgIpc) is 3.71. The molecule has 2 bridgehead atoms. The molecule has 4 saturated heterocycles. The Kier molecular flexibility index (Phi) is 9.00. The lowest BCUT2D eigenvalue weighted by Gasteiger charge is -2.32. The van der Waals surface area contributed by atoms with Crippen molar-refractivity contribution in [3.8, 4) is 17.1 Å². The molecule has 4 aliphatic rings. The number of fused-ring (bicyclic) bond motifs is 5. The number of rotatable bonds is 6. The second-order valence-electron chi connectivity index (χ2n) is 16.3. The molecule has 5 heterocycles. The van der Waals surface area contributed by atoms with Crippen molar-refractivity contribution in [2.24, 2.45) is 0 Å². The maximum atomic E-state index is 17.4. The number of alkyl halides is 1. The van der Waals surface area contributed by atoms with Gasteiger partial charge in [-0.05, 0) is 106 Å². The van der Waals surface area contributed by atoms with E-state index in [4.69, 9.17) is 31.0 Å². The maximum Gasteiger partial charge on any atom is 0.410 e. The summed E-state index contributed by atoms with van der Waals surface area (Å²) < 4.78 is 44.3. The minimum absolute atomic E-state index is 0.0337. The normalized spacial score (nSPS) is 24.9. The largest absolute Gasteiger partial charge is 0.461 e. The third-order valence-electron chi connectivity index (χ3n) is 11.6. The zero-order valence-corrected chi connectivity index (χ0v) is 31.5. The van der Waals surface area contributed by atoms with Gasteiger partial charge in [0.15, 0.2) is 5.82 Å². The van der Waals surface area contributed by atoms with E-state index in [2.05, 4.69) is 34.9 Å². The van der Waals surface area contributed by atoms with Gasteiger partial charge < -0.3 is 19.3 Å². The molecule has 8 nitrogen and oxygen atoms in total. The van der Waals surface area contributed by atoms with E-state index in [0.29, 0.717) is 49.2 Å². The van der Waals surface area contributed by atoms with Crippen LogP contribution in [0.2, 0.25) is 5.02 Å². The second kappa shape index (κ2) is 13.3. The van der Waals surface area contributed by atoms with Crippen LogP contribution in [0.4, 0.5) is 19.4 Å². The van der Waals surface area contributed by atoms with E-state index >= 15 is 4.39 Å². The number of benzene rings is 3. The van der Waals surface area contributed by atoms with Crippen LogP contribution in [-0.4, -0.2) is 88.0 Å². The maximum absolute atomic E-state index is 17.4. The molecule has 3 aromatic carbocycles. The van der Waals surface area contributed by atoms with Crippen LogP contribution >= 0.6 is 11.6 Å². The molecular weight excluding hydrogens is 684 g/mol. The lowest BCUT2D eigenvalue weighted by molar-refractivity contribution is 0.0163. The van der Waals surface area contributed by atoms with Gasteiger partial charge in [-0.1, -0.05) is 48.9 Å². The first-order valence-corrected chi connectivity index (χ1v) is 19.2. The zero-order chi connectivity index (χ0) is 36.5. The summed E-state index contributed by atoms with van der Waals surface area (Å²) in [6.45, 7) is 12.3. The minimum atomic E-state index is -0.906. The average molecular weight is 732 g/mol. The van der Waals surface area contributed by atoms with Gasteiger partial charge in [-0.3, -0.25) is 4.90 Å². The van der Waals surface area contributed by atoms with E-state index < -0.39 is 23.1 Å². The van der Waals surface area contributed by atoms with Crippen LogP contribution < -0.4 is 9.64 Å². The highest BCUT2D eigenvalue weighted by Gasteiger charge is 2.49. The van der Waals surface area contributed by atoms with Gasteiger partial charge in [0.25, 0.3) is 0 Å².